The van der Waals surface area contributed by atoms with Crippen molar-refractivity contribution in [3.63, 3.8) is 0 Å². The molecule has 0 atom stereocenters. The van der Waals surface area contributed by atoms with E-state index in [4.69, 9.17) is 0 Å². The molecule has 0 heterocycles. The molecule has 0 aliphatic heterocycles. The summed E-state index contributed by atoms with van der Waals surface area (Å²) in [6.45, 7) is 1.49. The van der Waals surface area contributed by atoms with Crippen LogP contribution in [0.3, 0.4) is 0 Å². The Morgan fingerprint density at radius 2 is 1.70 bits per heavy atom. The topological polar surface area (TPSA) is 52.6 Å². The predicted octanol–water partition coefficient (Wildman–Crippen LogP) is 2.14. The SMILES string of the molecule is CCOC(=O)CC(=O)OCCc1ccc(F)c(F)c1F. The van der Waals surface area contributed by atoms with Crippen molar-refractivity contribution in [3.05, 3.63) is 35.1 Å². The monoisotopic (exact) mass is 290 g/mol. The Kier molecular flexibility index (Phi) is 6.02. The van der Waals surface area contributed by atoms with E-state index in [2.05, 4.69) is 9.47 Å². The van der Waals surface area contributed by atoms with Crippen LogP contribution in [0, 0.1) is 17.5 Å². The molecule has 1 aromatic rings. The summed E-state index contributed by atoms with van der Waals surface area (Å²) in [6, 6.07) is 1.85. The molecule has 4 nitrogen and oxygen atoms in total. The third kappa shape index (κ3) is 4.56. The smallest absolute Gasteiger partial charge is 0.317 e. The molecule has 1 rings (SSSR count). The van der Waals surface area contributed by atoms with Gasteiger partial charge in [-0.05, 0) is 18.6 Å². The first-order valence-electron chi connectivity index (χ1n) is 5.89. The molecule has 0 saturated carbocycles. The largest absolute Gasteiger partial charge is 0.466 e. The average molecular weight is 290 g/mol. The van der Waals surface area contributed by atoms with Gasteiger partial charge >= 0.3 is 11.9 Å². The van der Waals surface area contributed by atoms with Crippen LogP contribution in [0.4, 0.5) is 13.2 Å². The summed E-state index contributed by atoms with van der Waals surface area (Å²) < 4.78 is 48.1. The molecular weight excluding hydrogens is 277 g/mol. The molecule has 0 fully saturated rings. The number of esters is 2. The number of hydrogen-bond donors (Lipinski definition) is 0. The van der Waals surface area contributed by atoms with E-state index in [1.165, 1.54) is 0 Å². The maximum atomic E-state index is 13.3. The normalized spacial score (nSPS) is 10.2. The molecule has 0 amide bonds. The molecule has 0 radical (unpaired) electrons. The molecule has 7 heteroatoms. The van der Waals surface area contributed by atoms with Crippen LogP contribution in [0.25, 0.3) is 0 Å². The average Bonchev–Trinajstić information content (AvgIpc) is 2.39. The second-order valence-corrected chi connectivity index (χ2v) is 3.79. The Bertz CT molecular complexity index is 503. The molecule has 0 aromatic heterocycles. The molecule has 20 heavy (non-hydrogen) atoms. The van der Waals surface area contributed by atoms with E-state index in [0.717, 1.165) is 12.1 Å². The minimum Gasteiger partial charge on any atom is -0.466 e. The summed E-state index contributed by atoms with van der Waals surface area (Å²) in [6.07, 6.45) is -0.675. The van der Waals surface area contributed by atoms with Gasteiger partial charge in [-0.25, -0.2) is 13.2 Å². The second kappa shape index (κ2) is 7.52. The highest BCUT2D eigenvalue weighted by Crippen LogP contribution is 2.15. The summed E-state index contributed by atoms with van der Waals surface area (Å²) in [7, 11) is 0. The van der Waals surface area contributed by atoms with Gasteiger partial charge in [0.2, 0.25) is 0 Å². The number of benzene rings is 1. The molecule has 0 saturated heterocycles. The Morgan fingerprint density at radius 1 is 1.05 bits per heavy atom. The van der Waals surface area contributed by atoms with Gasteiger partial charge in [-0.2, -0.15) is 0 Å². The fourth-order valence-corrected chi connectivity index (χ4v) is 1.41. The maximum Gasteiger partial charge on any atom is 0.317 e. The first-order chi connectivity index (χ1) is 9.45. The highest BCUT2D eigenvalue weighted by molar-refractivity contribution is 5.91. The van der Waals surface area contributed by atoms with E-state index < -0.39 is 35.8 Å². The van der Waals surface area contributed by atoms with Crippen molar-refractivity contribution < 1.29 is 32.2 Å². The van der Waals surface area contributed by atoms with Crippen LogP contribution in [0.1, 0.15) is 18.9 Å². The van der Waals surface area contributed by atoms with Crippen LogP contribution < -0.4 is 0 Å². The van der Waals surface area contributed by atoms with Crippen LogP contribution in [0.2, 0.25) is 0 Å². The summed E-state index contributed by atoms with van der Waals surface area (Å²) in [5, 5.41) is 0. The maximum absolute atomic E-state index is 13.3. The number of carbonyl (C=O) groups is 2. The molecule has 1 aromatic carbocycles. The quantitative estimate of drug-likeness (QED) is 0.457. The molecule has 0 unspecified atom stereocenters. The minimum absolute atomic E-state index is 0.118. The molecular formula is C13H13F3O4. The molecule has 110 valence electrons. The Hall–Kier alpha value is -2.05. The first kappa shape index (κ1) is 16.0. The van der Waals surface area contributed by atoms with Gasteiger partial charge in [0.15, 0.2) is 17.5 Å². The van der Waals surface area contributed by atoms with Crippen LogP contribution >= 0.6 is 0 Å². The number of halogens is 3. The van der Waals surface area contributed by atoms with Gasteiger partial charge in [-0.15, -0.1) is 0 Å². The lowest BCUT2D eigenvalue weighted by atomic mass is 10.1. The highest BCUT2D eigenvalue weighted by Gasteiger charge is 2.15. The van der Waals surface area contributed by atoms with Gasteiger partial charge in [-0.3, -0.25) is 9.59 Å². The third-order valence-corrected chi connectivity index (χ3v) is 2.34. The number of rotatable bonds is 6. The van der Waals surface area contributed by atoms with Crippen LogP contribution in [0.15, 0.2) is 12.1 Å². The van der Waals surface area contributed by atoms with Gasteiger partial charge in [0.25, 0.3) is 0 Å². The number of hydrogen-bond acceptors (Lipinski definition) is 4. The zero-order valence-electron chi connectivity index (χ0n) is 10.8. The van der Waals surface area contributed by atoms with Crippen LogP contribution in [0.5, 0.6) is 0 Å². The van der Waals surface area contributed by atoms with Crippen LogP contribution in [-0.4, -0.2) is 25.2 Å². The van der Waals surface area contributed by atoms with E-state index in [1.54, 1.807) is 6.92 Å². The van der Waals surface area contributed by atoms with Crippen molar-refractivity contribution in [1.82, 2.24) is 0 Å². The van der Waals surface area contributed by atoms with E-state index in [-0.39, 0.29) is 25.2 Å². The number of ether oxygens (including phenoxy) is 2. The Morgan fingerprint density at radius 3 is 2.35 bits per heavy atom. The van der Waals surface area contributed by atoms with E-state index in [9.17, 15) is 22.8 Å². The van der Waals surface area contributed by atoms with Crippen molar-refractivity contribution in [2.45, 2.75) is 19.8 Å². The Balaban J connectivity index is 2.43. The molecule has 0 bridgehead atoms. The summed E-state index contributed by atoms with van der Waals surface area (Å²) >= 11 is 0. The van der Waals surface area contributed by atoms with Crippen molar-refractivity contribution in [2.24, 2.45) is 0 Å². The van der Waals surface area contributed by atoms with Crippen LogP contribution in [-0.2, 0) is 25.5 Å². The van der Waals surface area contributed by atoms with Gasteiger partial charge in [0, 0.05) is 6.42 Å². The van der Waals surface area contributed by atoms with Gasteiger partial charge in [0.1, 0.15) is 6.42 Å². The zero-order chi connectivity index (χ0) is 15.1. The minimum atomic E-state index is -1.57. The lowest BCUT2D eigenvalue weighted by Crippen LogP contribution is -2.15. The predicted molar refractivity (Wildman–Crippen MR) is 62.2 cm³/mol. The fraction of sp³-hybridized carbons (Fsp3) is 0.385. The van der Waals surface area contributed by atoms with Gasteiger partial charge in [0.05, 0.1) is 13.2 Å². The number of carbonyl (C=O) groups excluding carboxylic acids is 2. The molecule has 0 spiro atoms. The van der Waals surface area contributed by atoms with E-state index in [1.807, 2.05) is 0 Å². The summed E-state index contributed by atoms with van der Waals surface area (Å²) in [5.74, 6) is -5.72. The highest BCUT2D eigenvalue weighted by atomic mass is 19.2. The van der Waals surface area contributed by atoms with Crippen molar-refractivity contribution in [3.8, 4) is 0 Å². The Labute approximate surface area is 113 Å². The molecule has 0 N–H and O–H groups in total. The van der Waals surface area contributed by atoms with Gasteiger partial charge < -0.3 is 9.47 Å². The fourth-order valence-electron chi connectivity index (χ4n) is 1.41. The third-order valence-electron chi connectivity index (χ3n) is 2.34. The van der Waals surface area contributed by atoms with Crippen molar-refractivity contribution >= 4 is 11.9 Å². The van der Waals surface area contributed by atoms with Gasteiger partial charge in [-0.1, -0.05) is 6.07 Å². The lowest BCUT2D eigenvalue weighted by molar-refractivity contribution is -0.154. The first-order valence-corrected chi connectivity index (χ1v) is 5.89. The summed E-state index contributed by atoms with van der Waals surface area (Å²) in [4.78, 5) is 22.1. The van der Waals surface area contributed by atoms with Crippen molar-refractivity contribution in [2.75, 3.05) is 13.2 Å². The standard InChI is InChI=1S/C13H13F3O4/c1-2-19-10(17)7-11(18)20-6-5-8-3-4-9(14)13(16)12(8)15/h3-4H,2,5-7H2,1H3. The molecule has 0 aliphatic carbocycles. The zero-order valence-corrected chi connectivity index (χ0v) is 10.8. The van der Waals surface area contributed by atoms with E-state index >= 15 is 0 Å². The summed E-state index contributed by atoms with van der Waals surface area (Å²) in [5.41, 5.74) is -0.118. The lowest BCUT2D eigenvalue weighted by Gasteiger charge is -2.06. The van der Waals surface area contributed by atoms with Crippen molar-refractivity contribution in [1.29, 1.82) is 0 Å². The molecule has 0 aliphatic rings. The second-order valence-electron chi connectivity index (χ2n) is 3.79. The van der Waals surface area contributed by atoms with E-state index in [0.29, 0.717) is 0 Å².